The Labute approximate surface area is 201 Å². The number of aryl methyl sites for hydroxylation is 2. The Kier molecular flexibility index (Phi) is 7.88. The molecule has 34 heavy (non-hydrogen) atoms. The van der Waals surface area contributed by atoms with E-state index in [1.54, 1.807) is 15.9 Å². The first-order valence-electron chi connectivity index (χ1n) is 12.4. The van der Waals surface area contributed by atoms with E-state index < -0.39 is 5.60 Å². The standard InChI is InChI=1S/C26H35N3O5/c1-3-9-21-18-22(27-34-21)24(30)29-15-17-33-26(19-29)13-8-7-11-20-10-5-6-12-23(20)32-16-14-28(4-2)25(26)31/h5-6,10,12,18H,3-4,7-9,11,13-17,19H2,1-2H3. The number of para-hydroxylation sites is 1. The van der Waals surface area contributed by atoms with Gasteiger partial charge >= 0.3 is 0 Å². The predicted octanol–water partition coefficient (Wildman–Crippen LogP) is 3.49. The van der Waals surface area contributed by atoms with Crippen LogP contribution in [0.3, 0.4) is 0 Å². The summed E-state index contributed by atoms with van der Waals surface area (Å²) in [6.45, 7) is 6.39. The summed E-state index contributed by atoms with van der Waals surface area (Å²) in [5.41, 5.74) is 0.416. The highest BCUT2D eigenvalue weighted by Crippen LogP contribution is 2.30. The third-order valence-electron chi connectivity index (χ3n) is 6.67. The van der Waals surface area contributed by atoms with Crippen LogP contribution < -0.4 is 4.74 Å². The van der Waals surface area contributed by atoms with E-state index >= 15 is 0 Å². The lowest BCUT2D eigenvalue weighted by Gasteiger charge is -2.43. The maximum absolute atomic E-state index is 13.8. The second-order valence-corrected chi connectivity index (χ2v) is 9.05. The van der Waals surface area contributed by atoms with E-state index in [9.17, 15) is 9.59 Å². The van der Waals surface area contributed by atoms with Crippen LogP contribution in [-0.2, 0) is 22.4 Å². The SMILES string of the molecule is CCCc1cc(C(=O)N2CCOC3(CCCCc4ccccc4OCCN(CC)C3=O)C2)no1. The number of hydrogen-bond donors (Lipinski definition) is 0. The van der Waals surface area contributed by atoms with Crippen molar-refractivity contribution in [1.29, 1.82) is 0 Å². The van der Waals surface area contributed by atoms with Gasteiger partial charge in [0.1, 0.15) is 18.1 Å². The second-order valence-electron chi connectivity index (χ2n) is 9.05. The van der Waals surface area contributed by atoms with Crippen molar-refractivity contribution >= 4 is 11.8 Å². The molecule has 0 N–H and O–H groups in total. The van der Waals surface area contributed by atoms with E-state index in [-0.39, 0.29) is 18.4 Å². The zero-order chi connectivity index (χ0) is 24.0. The molecule has 0 radical (unpaired) electrons. The molecule has 1 aromatic carbocycles. The fourth-order valence-corrected chi connectivity index (χ4v) is 4.82. The lowest BCUT2D eigenvalue weighted by Crippen LogP contribution is -2.62. The molecule has 184 valence electrons. The van der Waals surface area contributed by atoms with Crippen LogP contribution in [0.2, 0.25) is 0 Å². The Morgan fingerprint density at radius 3 is 2.82 bits per heavy atom. The molecule has 3 heterocycles. The second kappa shape index (κ2) is 11.0. The molecule has 1 aromatic heterocycles. The van der Waals surface area contributed by atoms with Gasteiger partial charge in [-0.3, -0.25) is 9.59 Å². The van der Waals surface area contributed by atoms with Gasteiger partial charge in [-0.15, -0.1) is 0 Å². The van der Waals surface area contributed by atoms with E-state index in [0.717, 1.165) is 37.9 Å². The van der Waals surface area contributed by atoms with Crippen molar-refractivity contribution in [1.82, 2.24) is 15.0 Å². The van der Waals surface area contributed by atoms with Crippen molar-refractivity contribution in [3.05, 3.63) is 47.3 Å². The Morgan fingerprint density at radius 2 is 2.00 bits per heavy atom. The van der Waals surface area contributed by atoms with E-state index in [0.29, 0.717) is 50.7 Å². The highest BCUT2D eigenvalue weighted by molar-refractivity contribution is 5.93. The van der Waals surface area contributed by atoms with Crippen LogP contribution in [0.4, 0.5) is 0 Å². The maximum Gasteiger partial charge on any atom is 0.276 e. The number of fused-ring (bicyclic) bond motifs is 1. The molecule has 2 aliphatic rings. The minimum absolute atomic E-state index is 0.0724. The number of ether oxygens (including phenoxy) is 2. The molecule has 8 heteroatoms. The number of morpholine rings is 1. The molecule has 0 aliphatic carbocycles. The van der Waals surface area contributed by atoms with E-state index in [4.69, 9.17) is 14.0 Å². The Bertz CT molecular complexity index is 990. The van der Waals surface area contributed by atoms with Gasteiger partial charge < -0.3 is 23.8 Å². The van der Waals surface area contributed by atoms with Gasteiger partial charge in [0.05, 0.1) is 19.7 Å². The van der Waals surface area contributed by atoms with Crippen LogP contribution >= 0.6 is 0 Å². The molecule has 1 spiro atoms. The number of amides is 2. The number of carbonyl (C=O) groups is 2. The topological polar surface area (TPSA) is 85.1 Å². The maximum atomic E-state index is 13.8. The Morgan fingerprint density at radius 1 is 1.15 bits per heavy atom. The molecular formula is C26H35N3O5. The smallest absolute Gasteiger partial charge is 0.276 e. The van der Waals surface area contributed by atoms with Crippen molar-refractivity contribution in [3.8, 4) is 5.75 Å². The number of hydrogen-bond acceptors (Lipinski definition) is 6. The lowest BCUT2D eigenvalue weighted by molar-refractivity contribution is -0.170. The van der Waals surface area contributed by atoms with Gasteiger partial charge in [0.15, 0.2) is 11.3 Å². The van der Waals surface area contributed by atoms with Gasteiger partial charge in [0.2, 0.25) is 0 Å². The fraction of sp³-hybridized carbons (Fsp3) is 0.577. The molecule has 4 rings (SSSR count). The summed E-state index contributed by atoms with van der Waals surface area (Å²) in [7, 11) is 0. The van der Waals surface area contributed by atoms with Crippen molar-refractivity contribution < 1.29 is 23.6 Å². The summed E-state index contributed by atoms with van der Waals surface area (Å²) in [6.07, 6.45) is 4.81. The number of aromatic nitrogens is 1. The zero-order valence-electron chi connectivity index (χ0n) is 20.3. The fourth-order valence-electron chi connectivity index (χ4n) is 4.82. The molecule has 0 saturated carbocycles. The minimum atomic E-state index is -1.06. The third kappa shape index (κ3) is 5.27. The van der Waals surface area contributed by atoms with Crippen molar-refractivity contribution in [2.75, 3.05) is 39.4 Å². The highest BCUT2D eigenvalue weighted by Gasteiger charge is 2.46. The molecule has 1 unspecified atom stereocenters. The summed E-state index contributed by atoms with van der Waals surface area (Å²) in [4.78, 5) is 30.5. The van der Waals surface area contributed by atoms with Gasteiger partial charge in [-0.05, 0) is 50.7 Å². The molecule has 2 amide bonds. The summed E-state index contributed by atoms with van der Waals surface area (Å²) < 4.78 is 17.6. The van der Waals surface area contributed by atoms with Crippen LogP contribution in [0.5, 0.6) is 5.75 Å². The molecule has 1 atom stereocenters. The van der Waals surface area contributed by atoms with Crippen LogP contribution in [0.1, 0.15) is 61.3 Å². The average molecular weight is 470 g/mol. The largest absolute Gasteiger partial charge is 0.491 e. The third-order valence-corrected chi connectivity index (χ3v) is 6.67. The number of carbonyl (C=O) groups excluding carboxylic acids is 2. The molecule has 1 saturated heterocycles. The van der Waals surface area contributed by atoms with Crippen LogP contribution in [0.25, 0.3) is 0 Å². The van der Waals surface area contributed by atoms with Gasteiger partial charge in [-0.2, -0.15) is 0 Å². The van der Waals surface area contributed by atoms with Crippen molar-refractivity contribution in [2.45, 2.75) is 58.0 Å². The quantitative estimate of drug-likeness (QED) is 0.682. The van der Waals surface area contributed by atoms with Crippen LogP contribution in [0, 0.1) is 0 Å². The molecule has 1 fully saturated rings. The minimum Gasteiger partial charge on any atom is -0.491 e. The first kappa shape index (κ1) is 24.3. The number of rotatable bonds is 4. The first-order chi connectivity index (χ1) is 16.6. The Balaban J connectivity index is 1.54. The van der Waals surface area contributed by atoms with Crippen LogP contribution in [0.15, 0.2) is 34.9 Å². The summed E-state index contributed by atoms with van der Waals surface area (Å²) in [5.74, 6) is 1.31. The van der Waals surface area contributed by atoms with Crippen LogP contribution in [-0.4, -0.2) is 71.8 Å². The highest BCUT2D eigenvalue weighted by atomic mass is 16.5. The number of benzene rings is 1. The number of nitrogens with zero attached hydrogens (tertiary/aromatic N) is 3. The molecule has 2 aliphatic heterocycles. The van der Waals surface area contributed by atoms with Gasteiger partial charge in [-0.1, -0.05) is 30.3 Å². The first-order valence-corrected chi connectivity index (χ1v) is 12.4. The molecule has 2 aromatic rings. The number of likely N-dealkylation sites (N-methyl/N-ethyl adjacent to an activating group) is 1. The van der Waals surface area contributed by atoms with Crippen molar-refractivity contribution in [2.24, 2.45) is 0 Å². The normalized spacial score (nSPS) is 22.0. The molecule has 0 bridgehead atoms. The van der Waals surface area contributed by atoms with Gasteiger partial charge in [0, 0.05) is 25.6 Å². The van der Waals surface area contributed by atoms with Gasteiger partial charge in [-0.25, -0.2) is 0 Å². The predicted molar refractivity (Wildman–Crippen MR) is 127 cm³/mol. The molecule has 8 nitrogen and oxygen atoms in total. The van der Waals surface area contributed by atoms with E-state index in [1.807, 2.05) is 32.0 Å². The van der Waals surface area contributed by atoms with E-state index in [1.165, 1.54) is 5.56 Å². The molecular weight excluding hydrogens is 434 g/mol. The van der Waals surface area contributed by atoms with Gasteiger partial charge in [0.25, 0.3) is 11.8 Å². The van der Waals surface area contributed by atoms with E-state index in [2.05, 4.69) is 11.2 Å². The Hall–Kier alpha value is -2.87. The monoisotopic (exact) mass is 469 g/mol. The lowest BCUT2D eigenvalue weighted by atomic mass is 9.91. The summed E-state index contributed by atoms with van der Waals surface area (Å²) in [5, 5.41) is 3.98. The average Bonchev–Trinajstić information content (AvgIpc) is 3.33. The summed E-state index contributed by atoms with van der Waals surface area (Å²) in [6, 6.07) is 9.81. The summed E-state index contributed by atoms with van der Waals surface area (Å²) >= 11 is 0. The van der Waals surface area contributed by atoms with Crippen molar-refractivity contribution in [3.63, 3.8) is 0 Å². The zero-order valence-corrected chi connectivity index (χ0v) is 20.3.